The summed E-state index contributed by atoms with van der Waals surface area (Å²) >= 11 is 12.5. The van der Waals surface area contributed by atoms with Crippen molar-refractivity contribution in [1.82, 2.24) is 4.90 Å². The molecule has 0 bridgehead atoms. The van der Waals surface area contributed by atoms with Crippen LogP contribution >= 0.6 is 23.2 Å². The Bertz CT molecular complexity index is 846. The number of hydrogen-bond acceptors (Lipinski definition) is 3. The van der Waals surface area contributed by atoms with E-state index in [2.05, 4.69) is 0 Å². The van der Waals surface area contributed by atoms with Crippen molar-refractivity contribution in [3.8, 4) is 5.75 Å². The molecule has 1 saturated heterocycles. The van der Waals surface area contributed by atoms with Gasteiger partial charge in [-0.15, -0.1) is 0 Å². The zero-order valence-corrected chi connectivity index (χ0v) is 16.3. The lowest BCUT2D eigenvalue weighted by molar-refractivity contribution is -0.143. The van der Waals surface area contributed by atoms with Crippen molar-refractivity contribution in [2.24, 2.45) is 5.92 Å². The van der Waals surface area contributed by atoms with Crippen molar-refractivity contribution >= 4 is 29.2 Å². The number of aliphatic carboxylic acids is 1. The van der Waals surface area contributed by atoms with Crippen molar-refractivity contribution in [3.05, 3.63) is 63.4 Å². The Labute approximate surface area is 167 Å². The first-order chi connectivity index (χ1) is 12.9. The number of carboxylic acids is 1. The smallest absolute Gasteiger partial charge is 0.307 e. The molecule has 0 saturated carbocycles. The number of carboxylic acid groups (broad SMARTS) is 1. The van der Waals surface area contributed by atoms with Gasteiger partial charge in [-0.2, -0.15) is 0 Å². The van der Waals surface area contributed by atoms with Gasteiger partial charge in [0.1, 0.15) is 11.6 Å². The van der Waals surface area contributed by atoms with E-state index in [1.165, 1.54) is 19.2 Å². The molecule has 0 aromatic heterocycles. The Morgan fingerprint density at radius 1 is 1.26 bits per heavy atom. The van der Waals surface area contributed by atoms with E-state index < -0.39 is 23.7 Å². The van der Waals surface area contributed by atoms with Crippen molar-refractivity contribution in [2.75, 3.05) is 20.2 Å². The van der Waals surface area contributed by atoms with Crippen LogP contribution in [0.3, 0.4) is 0 Å². The molecule has 1 aliphatic heterocycles. The van der Waals surface area contributed by atoms with Crippen LogP contribution < -0.4 is 4.74 Å². The highest BCUT2D eigenvalue weighted by atomic mass is 35.5. The van der Waals surface area contributed by atoms with Crippen LogP contribution in [0.5, 0.6) is 5.75 Å². The molecule has 0 spiro atoms. The minimum atomic E-state index is -0.827. The molecule has 1 fully saturated rings. The molecule has 4 nitrogen and oxygen atoms in total. The minimum Gasteiger partial charge on any atom is -0.496 e. The van der Waals surface area contributed by atoms with Gasteiger partial charge in [0.05, 0.1) is 19.1 Å². The molecule has 2 atom stereocenters. The lowest BCUT2D eigenvalue weighted by atomic mass is 9.91. The van der Waals surface area contributed by atoms with E-state index in [-0.39, 0.29) is 0 Å². The summed E-state index contributed by atoms with van der Waals surface area (Å²) in [5.41, 5.74) is 1.34. The van der Waals surface area contributed by atoms with Crippen LogP contribution in [0, 0.1) is 11.7 Å². The molecule has 0 amide bonds. The molecule has 144 valence electrons. The number of methoxy groups -OCH3 is 1. The highest BCUT2D eigenvalue weighted by molar-refractivity contribution is 6.35. The Morgan fingerprint density at radius 2 is 2.04 bits per heavy atom. The van der Waals surface area contributed by atoms with Gasteiger partial charge < -0.3 is 9.84 Å². The van der Waals surface area contributed by atoms with E-state index in [1.807, 2.05) is 4.90 Å². The van der Waals surface area contributed by atoms with Gasteiger partial charge >= 0.3 is 5.97 Å². The fourth-order valence-electron chi connectivity index (χ4n) is 3.65. The Morgan fingerprint density at radius 3 is 2.70 bits per heavy atom. The quantitative estimate of drug-likeness (QED) is 0.749. The third kappa shape index (κ3) is 4.37. The summed E-state index contributed by atoms with van der Waals surface area (Å²) in [6, 6.07) is 9.03. The summed E-state index contributed by atoms with van der Waals surface area (Å²) in [7, 11) is 1.52. The van der Waals surface area contributed by atoms with Gasteiger partial charge in [0.25, 0.3) is 0 Å². The van der Waals surface area contributed by atoms with Crippen LogP contribution in [0.15, 0.2) is 36.4 Å². The van der Waals surface area contributed by atoms with E-state index in [1.54, 1.807) is 24.3 Å². The first-order valence-corrected chi connectivity index (χ1v) is 9.41. The molecule has 0 aliphatic carbocycles. The molecule has 7 heteroatoms. The molecule has 2 unspecified atom stereocenters. The third-order valence-corrected chi connectivity index (χ3v) is 5.47. The van der Waals surface area contributed by atoms with Gasteiger partial charge in [-0.05, 0) is 55.3 Å². The number of likely N-dealkylation sites (tertiary alicyclic amines) is 1. The van der Waals surface area contributed by atoms with Gasteiger partial charge in [-0.25, -0.2) is 4.39 Å². The van der Waals surface area contributed by atoms with E-state index in [9.17, 15) is 14.3 Å². The molecule has 27 heavy (non-hydrogen) atoms. The average Bonchev–Trinajstić information content (AvgIpc) is 2.64. The van der Waals surface area contributed by atoms with E-state index in [4.69, 9.17) is 27.9 Å². The molecule has 2 aromatic carbocycles. The first kappa shape index (κ1) is 19.9. The van der Waals surface area contributed by atoms with E-state index in [0.29, 0.717) is 40.9 Å². The molecular weight excluding hydrogens is 392 g/mol. The summed E-state index contributed by atoms with van der Waals surface area (Å²) in [5, 5.41) is 10.4. The van der Waals surface area contributed by atoms with Gasteiger partial charge in [0.2, 0.25) is 0 Å². The summed E-state index contributed by atoms with van der Waals surface area (Å²) in [6.07, 6.45) is 1.35. The average molecular weight is 412 g/mol. The standard InChI is InChI=1S/C20H20Cl2FNO3/c1-27-18-7-5-14(23)10-16(18)19(15-6-4-13(21)9-17(15)22)24-8-2-3-12(11-24)20(25)26/h4-7,9-10,12,19H,2-3,8,11H2,1H3,(H,25,26). The number of ether oxygens (including phenoxy) is 1. The second kappa shape index (κ2) is 8.46. The number of benzene rings is 2. The molecule has 1 heterocycles. The zero-order chi connectivity index (χ0) is 19.6. The van der Waals surface area contributed by atoms with Gasteiger partial charge in [-0.3, -0.25) is 9.69 Å². The normalized spacial score (nSPS) is 18.9. The number of carbonyl (C=O) groups is 1. The van der Waals surface area contributed by atoms with Gasteiger partial charge in [0, 0.05) is 22.2 Å². The molecule has 2 aromatic rings. The van der Waals surface area contributed by atoms with Gasteiger partial charge in [0.15, 0.2) is 0 Å². The summed E-state index contributed by atoms with van der Waals surface area (Å²) in [6.45, 7) is 1.02. The molecule has 0 radical (unpaired) electrons. The number of nitrogens with zero attached hydrogens (tertiary/aromatic N) is 1. The van der Waals surface area contributed by atoms with Crippen molar-refractivity contribution < 1.29 is 19.0 Å². The second-order valence-electron chi connectivity index (χ2n) is 6.63. The number of halogens is 3. The number of hydrogen-bond donors (Lipinski definition) is 1. The SMILES string of the molecule is COc1ccc(F)cc1C(c1ccc(Cl)cc1Cl)N1CCCC(C(=O)O)C1. The van der Waals surface area contributed by atoms with Crippen molar-refractivity contribution in [3.63, 3.8) is 0 Å². The maximum atomic E-state index is 14.1. The van der Waals surface area contributed by atoms with Crippen LogP contribution in [-0.4, -0.2) is 36.2 Å². The fourth-order valence-corrected chi connectivity index (χ4v) is 4.16. The lowest BCUT2D eigenvalue weighted by Crippen LogP contribution is -2.41. The molecule has 1 N–H and O–H groups in total. The zero-order valence-electron chi connectivity index (χ0n) is 14.8. The van der Waals surface area contributed by atoms with Crippen LogP contribution in [0.4, 0.5) is 4.39 Å². The highest BCUT2D eigenvalue weighted by Crippen LogP contribution is 2.40. The van der Waals surface area contributed by atoms with Crippen molar-refractivity contribution in [1.29, 1.82) is 0 Å². The maximum Gasteiger partial charge on any atom is 0.307 e. The Kier molecular flexibility index (Phi) is 6.25. The predicted molar refractivity (Wildman–Crippen MR) is 103 cm³/mol. The largest absolute Gasteiger partial charge is 0.496 e. The van der Waals surface area contributed by atoms with Gasteiger partial charge in [-0.1, -0.05) is 29.3 Å². The Hall–Kier alpha value is -1.82. The molecule has 1 aliphatic rings. The number of rotatable bonds is 5. The lowest BCUT2D eigenvalue weighted by Gasteiger charge is -2.38. The Balaban J connectivity index is 2.12. The van der Waals surface area contributed by atoms with E-state index in [0.717, 1.165) is 12.0 Å². The van der Waals surface area contributed by atoms with Crippen molar-refractivity contribution in [2.45, 2.75) is 18.9 Å². The second-order valence-corrected chi connectivity index (χ2v) is 7.47. The summed E-state index contributed by atoms with van der Waals surface area (Å²) < 4.78 is 19.5. The maximum absolute atomic E-state index is 14.1. The first-order valence-electron chi connectivity index (χ1n) is 8.66. The molecule has 3 rings (SSSR count). The number of piperidine rings is 1. The van der Waals surface area contributed by atoms with Crippen LogP contribution in [0.1, 0.15) is 30.0 Å². The third-order valence-electron chi connectivity index (χ3n) is 4.91. The minimum absolute atomic E-state index is 0.346. The summed E-state index contributed by atoms with van der Waals surface area (Å²) in [4.78, 5) is 13.6. The molecular formula is C20H20Cl2FNO3. The summed E-state index contributed by atoms with van der Waals surface area (Å²) in [5.74, 6) is -1.18. The highest BCUT2D eigenvalue weighted by Gasteiger charge is 2.33. The van der Waals surface area contributed by atoms with Crippen LogP contribution in [0.2, 0.25) is 10.0 Å². The van der Waals surface area contributed by atoms with Crippen LogP contribution in [-0.2, 0) is 4.79 Å². The predicted octanol–water partition coefficient (Wildman–Crippen LogP) is 5.03. The monoisotopic (exact) mass is 411 g/mol. The fraction of sp³-hybridized carbons (Fsp3) is 0.350. The topological polar surface area (TPSA) is 49.8 Å². The van der Waals surface area contributed by atoms with E-state index >= 15 is 0 Å². The van der Waals surface area contributed by atoms with Crippen LogP contribution in [0.25, 0.3) is 0 Å².